The highest BCUT2D eigenvalue weighted by Gasteiger charge is 2.50. The van der Waals surface area contributed by atoms with Gasteiger partial charge in [0, 0.05) is 29.0 Å². The van der Waals surface area contributed by atoms with Crippen LogP contribution in [0.5, 0.6) is 17.2 Å². The summed E-state index contributed by atoms with van der Waals surface area (Å²) in [4.78, 5) is 41.4. The third kappa shape index (κ3) is 5.39. The second kappa shape index (κ2) is 13.9. The van der Waals surface area contributed by atoms with E-state index in [1.807, 2.05) is 27.3 Å². The lowest BCUT2D eigenvalue weighted by atomic mass is 9.79. The third-order valence-electron chi connectivity index (χ3n) is 7.95. The van der Waals surface area contributed by atoms with E-state index in [1.165, 1.54) is 11.6 Å². The summed E-state index contributed by atoms with van der Waals surface area (Å²) in [5.74, 6) is -0.385. The van der Waals surface area contributed by atoms with Crippen LogP contribution in [0.2, 0.25) is 0 Å². The van der Waals surface area contributed by atoms with Gasteiger partial charge in [-0.1, -0.05) is 6.07 Å². The number of hydrogen-bond acceptors (Lipinski definition) is 10. The monoisotopic (exact) mass is 592 g/mol. The van der Waals surface area contributed by atoms with Crippen LogP contribution < -0.4 is 14.2 Å². The number of ether oxygens (including phenoxy) is 3. The highest BCUT2D eigenvalue weighted by atomic mass is 32.2. The predicted octanol–water partition coefficient (Wildman–Crippen LogP) is 3.16. The number of hydrogen-bond donors (Lipinski definition) is 1. The maximum absolute atomic E-state index is 13.3. The number of ketones is 2. The normalized spacial score (nSPS) is 21.6. The van der Waals surface area contributed by atoms with Crippen molar-refractivity contribution in [1.82, 2.24) is 9.80 Å². The average molecular weight is 593 g/mol. The summed E-state index contributed by atoms with van der Waals surface area (Å²) in [6.45, 7) is 2.44. The Bertz CT molecular complexity index is 1390. The molecule has 0 spiro atoms. The van der Waals surface area contributed by atoms with Crippen molar-refractivity contribution in [3.8, 4) is 42.9 Å². The van der Waals surface area contributed by atoms with Gasteiger partial charge in [-0.05, 0) is 68.1 Å². The van der Waals surface area contributed by atoms with Crippen molar-refractivity contribution in [3.63, 3.8) is 0 Å². The van der Waals surface area contributed by atoms with Crippen LogP contribution in [0.1, 0.15) is 55.5 Å². The van der Waals surface area contributed by atoms with Gasteiger partial charge in [0.05, 0.1) is 25.8 Å². The smallest absolute Gasteiger partial charge is 0.265 e. The van der Waals surface area contributed by atoms with E-state index in [0.29, 0.717) is 29.2 Å². The Kier molecular flexibility index (Phi) is 10.8. The van der Waals surface area contributed by atoms with Gasteiger partial charge in [0.15, 0.2) is 17.8 Å². The van der Waals surface area contributed by atoms with E-state index >= 15 is 0 Å². The van der Waals surface area contributed by atoms with Gasteiger partial charge < -0.3 is 24.2 Å². The molecule has 9 nitrogen and oxygen atoms in total. The number of likely N-dealkylation sites (N-methyl/N-ethyl adjacent to an activating group) is 1. The molecule has 3 heterocycles. The number of benzene rings is 2. The quantitative estimate of drug-likeness (QED) is 0.170. The summed E-state index contributed by atoms with van der Waals surface area (Å²) in [7, 11) is 5.70. The van der Waals surface area contributed by atoms with Crippen molar-refractivity contribution in [3.05, 3.63) is 51.6 Å². The van der Waals surface area contributed by atoms with Crippen molar-refractivity contribution < 1.29 is 33.7 Å². The summed E-state index contributed by atoms with van der Waals surface area (Å²) in [6, 6.07) is 4.97. The molecule has 0 aromatic heterocycles. The molecule has 0 bridgehead atoms. The van der Waals surface area contributed by atoms with Crippen LogP contribution >= 0.6 is 11.8 Å². The molecule has 0 aliphatic carbocycles. The SMILES string of the molecule is C#C.C#C.COc1cc2c(cc1C)CCN1C([C@H](SC)c3c(C(=O)C(=O)C=O)cc4c(c3[C@@H]1CO)OCO4)[C@@H]2N(C)C. The lowest BCUT2D eigenvalue weighted by Gasteiger charge is -2.50. The molecule has 3 aliphatic rings. The molecule has 0 saturated heterocycles. The molecule has 0 fully saturated rings. The summed E-state index contributed by atoms with van der Waals surface area (Å²) in [5, 5.41) is 10.5. The van der Waals surface area contributed by atoms with Crippen LogP contribution in [0, 0.1) is 32.6 Å². The molecule has 1 unspecified atom stereocenters. The number of terminal acetylenes is 2. The Hall–Kier alpha value is -3.80. The van der Waals surface area contributed by atoms with Gasteiger partial charge in [-0.15, -0.1) is 25.7 Å². The number of carbonyl (C=O) groups is 3. The first-order valence-electron chi connectivity index (χ1n) is 13.2. The number of aliphatic hydroxyl groups is 1. The average Bonchev–Trinajstić information content (AvgIpc) is 3.43. The van der Waals surface area contributed by atoms with E-state index in [-0.39, 0.29) is 42.6 Å². The zero-order valence-electron chi connectivity index (χ0n) is 24.5. The minimum Gasteiger partial charge on any atom is -0.496 e. The molecule has 0 saturated carbocycles. The Balaban J connectivity index is 0.00000116. The van der Waals surface area contributed by atoms with Crippen LogP contribution in [0.3, 0.4) is 0 Å². The van der Waals surface area contributed by atoms with Crippen LogP contribution in [0.4, 0.5) is 0 Å². The van der Waals surface area contributed by atoms with Crippen LogP contribution in [-0.2, 0) is 16.0 Å². The lowest BCUT2D eigenvalue weighted by molar-refractivity contribution is -0.126. The number of rotatable bonds is 7. The van der Waals surface area contributed by atoms with E-state index < -0.39 is 17.6 Å². The first-order valence-corrected chi connectivity index (χ1v) is 14.5. The zero-order valence-corrected chi connectivity index (χ0v) is 25.3. The summed E-state index contributed by atoms with van der Waals surface area (Å²) in [6.07, 6.45) is 18.8. The number of carbonyl (C=O) groups excluding carboxylic acids is 3. The molecular weight excluding hydrogens is 556 g/mol. The highest BCUT2D eigenvalue weighted by molar-refractivity contribution is 7.98. The standard InChI is InChI=1S/C28H32N2O7S.2C2H2/c1-14-8-15-6-7-30-18(11-31)23-22(17(26(34)19(33)12-32)10-21-27(23)37-13-36-21)28(38-5)25(30)24(29(2)3)16(15)9-20(14)35-4;2*1-2/h8-10,12,18,24-25,28,31H,6-7,11,13H2,1-5H3;2*1-2H/t18-,24+,25?,28+;;/m0../s1. The number of fused-ring (bicyclic) bond motifs is 5. The Morgan fingerprint density at radius 2 is 1.86 bits per heavy atom. The van der Waals surface area contributed by atoms with Gasteiger partial charge >= 0.3 is 0 Å². The first kappa shape index (κ1) is 32.7. The highest BCUT2D eigenvalue weighted by Crippen LogP contribution is 2.57. The zero-order chi connectivity index (χ0) is 31.3. The fourth-order valence-corrected chi connectivity index (χ4v) is 7.48. The number of nitrogens with zero attached hydrogens (tertiary/aromatic N) is 2. The fourth-order valence-electron chi connectivity index (χ4n) is 6.41. The number of Topliss-reactive ketones (excluding diaryl/α,β-unsaturated/α-hetero) is 2. The molecule has 3 aliphatic heterocycles. The van der Waals surface area contributed by atoms with E-state index in [0.717, 1.165) is 23.3 Å². The van der Waals surface area contributed by atoms with Crippen molar-refractivity contribution >= 4 is 29.6 Å². The second-order valence-corrected chi connectivity index (χ2v) is 11.0. The molecule has 42 heavy (non-hydrogen) atoms. The number of aryl methyl sites for hydroxylation is 1. The number of aldehydes is 1. The van der Waals surface area contributed by atoms with Gasteiger partial charge in [-0.2, -0.15) is 11.8 Å². The minimum atomic E-state index is -1.12. The van der Waals surface area contributed by atoms with Gasteiger partial charge in [-0.3, -0.25) is 19.3 Å². The number of aliphatic hydroxyl groups excluding tert-OH is 1. The van der Waals surface area contributed by atoms with Gasteiger partial charge in [-0.25, -0.2) is 0 Å². The molecule has 0 radical (unpaired) electrons. The van der Waals surface area contributed by atoms with Gasteiger partial charge in [0.2, 0.25) is 12.6 Å². The molecule has 2 aromatic carbocycles. The summed E-state index contributed by atoms with van der Waals surface area (Å²) < 4.78 is 17.2. The van der Waals surface area contributed by atoms with E-state index in [4.69, 9.17) is 14.2 Å². The maximum Gasteiger partial charge on any atom is 0.265 e. The largest absolute Gasteiger partial charge is 0.496 e. The Morgan fingerprint density at radius 1 is 1.17 bits per heavy atom. The Labute approximate surface area is 251 Å². The van der Waals surface area contributed by atoms with Crippen LogP contribution in [-0.4, -0.2) is 86.2 Å². The van der Waals surface area contributed by atoms with Crippen molar-refractivity contribution in [1.29, 1.82) is 0 Å². The van der Waals surface area contributed by atoms with Crippen LogP contribution in [0.15, 0.2) is 18.2 Å². The molecule has 2 aromatic rings. The van der Waals surface area contributed by atoms with E-state index in [1.54, 1.807) is 18.9 Å². The molecule has 1 N–H and O–H groups in total. The Morgan fingerprint density at radius 3 is 2.43 bits per heavy atom. The molecule has 0 amide bonds. The van der Waals surface area contributed by atoms with Gasteiger partial charge in [0.1, 0.15) is 5.75 Å². The fraction of sp³-hybridized carbons (Fsp3) is 0.406. The third-order valence-corrected chi connectivity index (χ3v) is 8.97. The lowest BCUT2D eigenvalue weighted by Crippen LogP contribution is -2.52. The number of thioether (sulfide) groups is 1. The van der Waals surface area contributed by atoms with Crippen molar-refractivity contribution in [2.24, 2.45) is 0 Å². The van der Waals surface area contributed by atoms with E-state index in [2.05, 4.69) is 47.6 Å². The van der Waals surface area contributed by atoms with E-state index in [9.17, 15) is 19.5 Å². The minimum absolute atomic E-state index is 0.0304. The van der Waals surface area contributed by atoms with Crippen LogP contribution in [0.25, 0.3) is 0 Å². The maximum atomic E-state index is 13.3. The van der Waals surface area contributed by atoms with Gasteiger partial charge in [0.25, 0.3) is 5.78 Å². The molecule has 5 rings (SSSR count). The molecule has 10 heteroatoms. The molecule has 222 valence electrons. The molecule has 4 atom stereocenters. The topological polar surface area (TPSA) is 106 Å². The van der Waals surface area contributed by atoms with Crippen molar-refractivity contribution in [2.45, 2.75) is 36.7 Å². The number of methoxy groups -OCH3 is 1. The molecular formula is C32H36N2O7S. The first-order chi connectivity index (χ1) is 20.3. The van der Waals surface area contributed by atoms with Crippen molar-refractivity contribution in [2.75, 3.05) is 47.4 Å². The predicted molar refractivity (Wildman–Crippen MR) is 162 cm³/mol. The summed E-state index contributed by atoms with van der Waals surface area (Å²) >= 11 is 1.57. The second-order valence-electron chi connectivity index (χ2n) is 10.1. The summed E-state index contributed by atoms with van der Waals surface area (Å²) in [5.41, 5.74) is 4.78.